The Morgan fingerprint density at radius 1 is 0.882 bits per heavy atom. The molecule has 34 heavy (non-hydrogen) atoms. The number of hydrogen-bond acceptors (Lipinski definition) is 5. The lowest BCUT2D eigenvalue weighted by Crippen LogP contribution is -2.50. The fourth-order valence-electron chi connectivity index (χ4n) is 4.34. The molecule has 1 saturated heterocycles. The Labute approximate surface area is 202 Å². The van der Waals surface area contributed by atoms with Crippen molar-refractivity contribution in [2.24, 2.45) is 0 Å². The summed E-state index contributed by atoms with van der Waals surface area (Å²) in [5.74, 6) is 0. The van der Waals surface area contributed by atoms with E-state index in [9.17, 15) is 4.79 Å². The highest BCUT2D eigenvalue weighted by Gasteiger charge is 2.26. The van der Waals surface area contributed by atoms with Crippen molar-refractivity contribution in [2.45, 2.75) is 12.6 Å². The summed E-state index contributed by atoms with van der Waals surface area (Å²) in [6.45, 7) is 4.53. The summed E-state index contributed by atoms with van der Waals surface area (Å²) < 4.78 is 5.44. The summed E-state index contributed by atoms with van der Waals surface area (Å²) in [7, 11) is 4.08. The molecular weight excluding hydrogens is 424 g/mol. The third-order valence-corrected chi connectivity index (χ3v) is 6.32. The standard InChI is InChI=1S/C28H34N4O2/c1-30(2)25-15-13-24(14-16-25)27(21-29-28(33)34-22-23-9-5-3-6-10-23)32-19-17-31(18-20-32)26-11-7-4-8-12-26/h3-16,27H,17-22H2,1-2H3,(H,29,33). The Balaban J connectivity index is 1.40. The van der Waals surface area contributed by atoms with E-state index in [0.29, 0.717) is 6.54 Å². The average Bonchev–Trinajstić information content (AvgIpc) is 2.89. The first-order chi connectivity index (χ1) is 16.6. The van der Waals surface area contributed by atoms with E-state index in [1.807, 2.05) is 44.4 Å². The Morgan fingerprint density at radius 2 is 1.50 bits per heavy atom. The summed E-state index contributed by atoms with van der Waals surface area (Å²) in [6, 6.07) is 29.0. The van der Waals surface area contributed by atoms with E-state index in [4.69, 9.17) is 4.74 Å². The zero-order valence-electron chi connectivity index (χ0n) is 20.1. The van der Waals surface area contributed by atoms with Crippen LogP contribution in [0, 0.1) is 0 Å². The van der Waals surface area contributed by atoms with Crippen molar-refractivity contribution in [3.63, 3.8) is 0 Å². The van der Waals surface area contributed by atoms with E-state index in [-0.39, 0.29) is 18.7 Å². The molecule has 3 aromatic carbocycles. The first kappa shape index (κ1) is 23.6. The maximum absolute atomic E-state index is 12.4. The number of rotatable bonds is 8. The Kier molecular flexibility index (Phi) is 8.04. The van der Waals surface area contributed by atoms with E-state index in [1.54, 1.807) is 0 Å². The Hall–Kier alpha value is -3.51. The molecule has 4 rings (SSSR count). The molecule has 178 valence electrons. The fourth-order valence-corrected chi connectivity index (χ4v) is 4.34. The lowest BCUT2D eigenvalue weighted by molar-refractivity contribution is 0.130. The summed E-state index contributed by atoms with van der Waals surface area (Å²) >= 11 is 0. The maximum Gasteiger partial charge on any atom is 0.407 e. The van der Waals surface area contributed by atoms with Crippen LogP contribution in [0.1, 0.15) is 17.2 Å². The van der Waals surface area contributed by atoms with Crippen LogP contribution in [0.25, 0.3) is 0 Å². The van der Waals surface area contributed by atoms with E-state index < -0.39 is 0 Å². The molecule has 1 unspecified atom stereocenters. The van der Waals surface area contributed by atoms with Gasteiger partial charge in [-0.25, -0.2) is 4.79 Å². The van der Waals surface area contributed by atoms with Gasteiger partial charge in [0.15, 0.2) is 0 Å². The second kappa shape index (κ2) is 11.6. The molecule has 6 heteroatoms. The number of ether oxygens (including phenoxy) is 1. The van der Waals surface area contributed by atoms with E-state index in [2.05, 4.69) is 74.6 Å². The first-order valence-corrected chi connectivity index (χ1v) is 11.9. The monoisotopic (exact) mass is 458 g/mol. The van der Waals surface area contributed by atoms with E-state index >= 15 is 0 Å². The van der Waals surface area contributed by atoms with Crippen molar-refractivity contribution >= 4 is 17.5 Å². The molecule has 1 aliphatic heterocycles. The highest BCUT2D eigenvalue weighted by Crippen LogP contribution is 2.25. The second-order valence-electron chi connectivity index (χ2n) is 8.80. The molecule has 1 fully saturated rings. The Bertz CT molecular complexity index is 1020. The number of anilines is 2. The van der Waals surface area contributed by atoms with Crippen molar-refractivity contribution in [1.29, 1.82) is 0 Å². The fraction of sp³-hybridized carbons (Fsp3) is 0.321. The van der Waals surface area contributed by atoms with Crippen molar-refractivity contribution < 1.29 is 9.53 Å². The van der Waals surface area contributed by atoms with Gasteiger partial charge in [-0.15, -0.1) is 0 Å². The molecule has 3 aromatic rings. The van der Waals surface area contributed by atoms with Gasteiger partial charge in [-0.3, -0.25) is 4.90 Å². The van der Waals surface area contributed by atoms with Gasteiger partial charge in [0.2, 0.25) is 0 Å². The molecule has 0 spiro atoms. The third-order valence-electron chi connectivity index (χ3n) is 6.32. The third kappa shape index (κ3) is 6.29. The zero-order chi connectivity index (χ0) is 23.8. The van der Waals surface area contributed by atoms with Crippen LogP contribution >= 0.6 is 0 Å². The molecule has 1 heterocycles. The summed E-state index contributed by atoms with van der Waals surface area (Å²) in [5, 5.41) is 3.00. The van der Waals surface area contributed by atoms with Crippen molar-refractivity contribution in [2.75, 3.05) is 56.6 Å². The van der Waals surface area contributed by atoms with Gasteiger partial charge in [-0.2, -0.15) is 0 Å². The van der Waals surface area contributed by atoms with Crippen molar-refractivity contribution in [3.05, 3.63) is 96.1 Å². The van der Waals surface area contributed by atoms with Gasteiger partial charge >= 0.3 is 6.09 Å². The molecule has 1 aliphatic rings. The largest absolute Gasteiger partial charge is 0.445 e. The van der Waals surface area contributed by atoms with Gasteiger partial charge in [-0.1, -0.05) is 60.7 Å². The number of hydrogen-bond donors (Lipinski definition) is 1. The molecule has 0 saturated carbocycles. The topological polar surface area (TPSA) is 48.1 Å². The average molecular weight is 459 g/mol. The summed E-state index contributed by atoms with van der Waals surface area (Å²) in [4.78, 5) is 19.4. The lowest BCUT2D eigenvalue weighted by Gasteiger charge is -2.40. The minimum Gasteiger partial charge on any atom is -0.445 e. The number of nitrogens with one attached hydrogen (secondary N) is 1. The SMILES string of the molecule is CN(C)c1ccc(C(CNC(=O)OCc2ccccc2)N2CCN(c3ccccc3)CC2)cc1. The lowest BCUT2D eigenvalue weighted by atomic mass is 10.0. The summed E-state index contributed by atoms with van der Waals surface area (Å²) in [5.41, 5.74) is 4.59. The van der Waals surface area contributed by atoms with Gasteiger partial charge in [-0.05, 0) is 35.4 Å². The van der Waals surface area contributed by atoms with E-state index in [1.165, 1.54) is 11.3 Å². The van der Waals surface area contributed by atoms with Crippen molar-refractivity contribution in [3.8, 4) is 0 Å². The van der Waals surface area contributed by atoms with Crippen LogP contribution in [-0.4, -0.2) is 57.8 Å². The van der Waals surface area contributed by atoms with Gasteiger partial charge in [0, 0.05) is 58.2 Å². The Morgan fingerprint density at radius 3 is 2.12 bits per heavy atom. The first-order valence-electron chi connectivity index (χ1n) is 11.9. The molecule has 0 aromatic heterocycles. The molecule has 0 aliphatic carbocycles. The van der Waals surface area contributed by atoms with Crippen LogP contribution in [0.15, 0.2) is 84.9 Å². The minimum atomic E-state index is -0.387. The number of amides is 1. The van der Waals surface area contributed by atoms with Gasteiger partial charge in [0.25, 0.3) is 0 Å². The van der Waals surface area contributed by atoms with E-state index in [0.717, 1.165) is 37.4 Å². The van der Waals surface area contributed by atoms with Gasteiger partial charge in [0.05, 0.1) is 6.04 Å². The number of piperazine rings is 1. The van der Waals surface area contributed by atoms with Crippen LogP contribution in [0.5, 0.6) is 0 Å². The summed E-state index contributed by atoms with van der Waals surface area (Å²) in [6.07, 6.45) is -0.387. The molecule has 6 nitrogen and oxygen atoms in total. The predicted molar refractivity (Wildman–Crippen MR) is 138 cm³/mol. The quantitative estimate of drug-likeness (QED) is 0.537. The molecule has 1 amide bonds. The van der Waals surface area contributed by atoms with Crippen LogP contribution in [-0.2, 0) is 11.3 Å². The molecule has 0 radical (unpaired) electrons. The predicted octanol–water partition coefficient (Wildman–Crippen LogP) is 4.54. The van der Waals surface area contributed by atoms with Crippen LogP contribution in [0.4, 0.5) is 16.2 Å². The normalized spacial score (nSPS) is 14.9. The number of benzene rings is 3. The molecule has 1 N–H and O–H groups in total. The van der Waals surface area contributed by atoms with Crippen LogP contribution in [0.3, 0.4) is 0 Å². The van der Waals surface area contributed by atoms with Gasteiger partial charge < -0.3 is 19.9 Å². The number of nitrogens with zero attached hydrogens (tertiary/aromatic N) is 3. The maximum atomic E-state index is 12.4. The van der Waals surface area contributed by atoms with Gasteiger partial charge in [0.1, 0.15) is 6.61 Å². The number of carbonyl (C=O) groups is 1. The zero-order valence-corrected chi connectivity index (χ0v) is 20.1. The minimum absolute atomic E-state index is 0.0819. The highest BCUT2D eigenvalue weighted by atomic mass is 16.5. The molecular formula is C28H34N4O2. The van der Waals surface area contributed by atoms with Crippen LogP contribution < -0.4 is 15.1 Å². The van der Waals surface area contributed by atoms with Crippen molar-refractivity contribution in [1.82, 2.24) is 10.2 Å². The number of alkyl carbamates (subject to hydrolysis) is 1. The van der Waals surface area contributed by atoms with Crippen LogP contribution in [0.2, 0.25) is 0 Å². The molecule has 0 bridgehead atoms. The second-order valence-corrected chi connectivity index (χ2v) is 8.80. The smallest absolute Gasteiger partial charge is 0.407 e. The number of carbonyl (C=O) groups excluding carboxylic acids is 1. The molecule has 1 atom stereocenters. The number of para-hydroxylation sites is 1. The highest BCUT2D eigenvalue weighted by molar-refractivity contribution is 5.67.